The minimum Gasteiger partial charge on any atom is -0.302 e. The van der Waals surface area contributed by atoms with E-state index in [-0.39, 0.29) is 23.9 Å². The molecule has 18 heavy (non-hydrogen) atoms. The molecule has 1 N–H and O–H groups in total. The van der Waals surface area contributed by atoms with E-state index in [1.54, 1.807) is 0 Å². The van der Waals surface area contributed by atoms with Crippen LogP contribution in [0.25, 0.3) is 0 Å². The number of carbonyl (C=O) groups excluding carboxylic acids is 2. The summed E-state index contributed by atoms with van der Waals surface area (Å²) in [4.78, 5) is 25.7. The molecule has 1 atom stereocenters. The maximum absolute atomic E-state index is 12.2. The lowest BCUT2D eigenvalue weighted by Crippen LogP contribution is -2.44. The molecule has 0 bridgehead atoms. The van der Waals surface area contributed by atoms with Crippen molar-refractivity contribution in [1.82, 2.24) is 10.2 Å². The fraction of sp³-hybridized carbons (Fsp3) is 0.714. The minimum absolute atomic E-state index is 0.00823. The molecule has 2 amide bonds. The summed E-state index contributed by atoms with van der Waals surface area (Å²) in [5, 5.41) is 3.12. The molecule has 1 aliphatic carbocycles. The number of amides is 2. The lowest BCUT2D eigenvalue weighted by molar-refractivity contribution is -0.142. The van der Waals surface area contributed by atoms with Gasteiger partial charge in [-0.05, 0) is 19.8 Å². The number of likely N-dealkylation sites (tertiary alicyclic amines) is 1. The van der Waals surface area contributed by atoms with Gasteiger partial charge in [0.25, 0.3) is 0 Å². The number of nitrogens with zero attached hydrogens (tertiary/aromatic N) is 1. The molecule has 0 spiro atoms. The monoisotopic (exact) mass is 250 g/mol. The minimum atomic E-state index is -0.337. The third-order valence-corrected chi connectivity index (χ3v) is 3.77. The average molecular weight is 250 g/mol. The maximum atomic E-state index is 12.2. The summed E-state index contributed by atoms with van der Waals surface area (Å²) in [5.41, 5.74) is 0.978. The third-order valence-electron chi connectivity index (χ3n) is 3.77. The molecule has 0 aromatic rings. The molecule has 0 radical (unpaired) electrons. The van der Waals surface area contributed by atoms with Gasteiger partial charge < -0.3 is 5.32 Å². The van der Waals surface area contributed by atoms with E-state index >= 15 is 0 Å². The zero-order valence-corrected chi connectivity index (χ0v) is 11.1. The van der Waals surface area contributed by atoms with Crippen LogP contribution in [0.3, 0.4) is 0 Å². The van der Waals surface area contributed by atoms with Gasteiger partial charge in [-0.25, -0.2) is 0 Å². The van der Waals surface area contributed by atoms with E-state index in [1.807, 2.05) is 6.92 Å². The first-order chi connectivity index (χ1) is 8.59. The largest absolute Gasteiger partial charge is 0.302 e. The molecule has 1 saturated heterocycles. The highest BCUT2D eigenvalue weighted by molar-refractivity contribution is 6.05. The molecule has 2 rings (SSSR count). The van der Waals surface area contributed by atoms with Crippen LogP contribution in [0.5, 0.6) is 0 Å². The lowest BCUT2D eigenvalue weighted by atomic mass is 9.94. The van der Waals surface area contributed by atoms with Crippen LogP contribution in [0.15, 0.2) is 12.2 Å². The smallest absolute Gasteiger partial charge is 0.247 e. The molecule has 100 valence electrons. The van der Waals surface area contributed by atoms with E-state index in [1.165, 1.54) is 11.3 Å². The molecule has 1 aliphatic heterocycles. The van der Waals surface area contributed by atoms with Crippen molar-refractivity contribution >= 4 is 11.8 Å². The van der Waals surface area contributed by atoms with Crippen molar-refractivity contribution < 1.29 is 9.59 Å². The quantitative estimate of drug-likeness (QED) is 0.609. The van der Waals surface area contributed by atoms with Crippen LogP contribution >= 0.6 is 0 Å². The molecule has 1 heterocycles. The fourth-order valence-corrected chi connectivity index (χ4v) is 2.83. The molecule has 4 heteroatoms. The summed E-state index contributed by atoms with van der Waals surface area (Å²) in [6.07, 6.45) is 5.75. The molecule has 2 aliphatic rings. The van der Waals surface area contributed by atoms with Crippen molar-refractivity contribution in [2.45, 2.75) is 57.5 Å². The van der Waals surface area contributed by atoms with Gasteiger partial charge >= 0.3 is 0 Å². The van der Waals surface area contributed by atoms with Gasteiger partial charge in [0.2, 0.25) is 11.8 Å². The Morgan fingerprint density at radius 1 is 1.33 bits per heavy atom. The second-order valence-electron chi connectivity index (χ2n) is 5.49. The van der Waals surface area contributed by atoms with Gasteiger partial charge in [-0.1, -0.05) is 31.4 Å². The Morgan fingerprint density at radius 2 is 2.00 bits per heavy atom. The van der Waals surface area contributed by atoms with Crippen LogP contribution in [0, 0.1) is 0 Å². The molecular weight excluding hydrogens is 228 g/mol. The number of nitrogens with one attached hydrogen (secondary N) is 1. The zero-order valence-electron chi connectivity index (χ0n) is 11.1. The summed E-state index contributed by atoms with van der Waals surface area (Å²) in [7, 11) is 0. The van der Waals surface area contributed by atoms with Crippen LogP contribution in [0.2, 0.25) is 0 Å². The number of imide groups is 1. The van der Waals surface area contributed by atoms with Crippen molar-refractivity contribution in [2.24, 2.45) is 0 Å². The predicted molar refractivity (Wildman–Crippen MR) is 69.9 cm³/mol. The number of rotatable bonds is 4. The van der Waals surface area contributed by atoms with E-state index in [0.29, 0.717) is 13.0 Å². The molecule has 0 aromatic carbocycles. The van der Waals surface area contributed by atoms with Gasteiger partial charge in [0.1, 0.15) is 0 Å². The second-order valence-corrected chi connectivity index (χ2v) is 5.49. The van der Waals surface area contributed by atoms with Crippen LogP contribution in [-0.4, -0.2) is 35.3 Å². The summed E-state index contributed by atoms with van der Waals surface area (Å²) >= 11 is 0. The topological polar surface area (TPSA) is 49.4 Å². The van der Waals surface area contributed by atoms with Gasteiger partial charge in [0.05, 0.1) is 12.5 Å². The van der Waals surface area contributed by atoms with E-state index in [9.17, 15) is 9.59 Å². The SMILES string of the molecule is C=C(C)CNC1CC(=O)N(C2CCCCC2)C1=O. The number of hydrogen-bond donors (Lipinski definition) is 1. The van der Waals surface area contributed by atoms with Gasteiger partial charge in [-0.2, -0.15) is 0 Å². The molecule has 0 aromatic heterocycles. The van der Waals surface area contributed by atoms with E-state index in [0.717, 1.165) is 31.3 Å². The first kappa shape index (κ1) is 13.3. The van der Waals surface area contributed by atoms with E-state index < -0.39 is 0 Å². The molecule has 4 nitrogen and oxygen atoms in total. The molecule has 1 saturated carbocycles. The maximum Gasteiger partial charge on any atom is 0.247 e. The Hall–Kier alpha value is -1.16. The average Bonchev–Trinajstić information content (AvgIpc) is 2.63. The van der Waals surface area contributed by atoms with Crippen LogP contribution in [0.4, 0.5) is 0 Å². The van der Waals surface area contributed by atoms with Crippen LogP contribution in [0.1, 0.15) is 45.4 Å². The summed E-state index contributed by atoms with van der Waals surface area (Å²) < 4.78 is 0. The Bertz CT molecular complexity index is 359. The summed E-state index contributed by atoms with van der Waals surface area (Å²) in [5.74, 6) is -0.0423. The highest BCUT2D eigenvalue weighted by atomic mass is 16.2. The predicted octanol–water partition coefficient (Wildman–Crippen LogP) is 1.61. The van der Waals surface area contributed by atoms with Crippen molar-refractivity contribution in [3.05, 3.63) is 12.2 Å². The second kappa shape index (κ2) is 5.65. The Morgan fingerprint density at radius 3 is 2.61 bits per heavy atom. The first-order valence-corrected chi connectivity index (χ1v) is 6.83. The van der Waals surface area contributed by atoms with Crippen molar-refractivity contribution in [2.75, 3.05) is 6.54 Å². The summed E-state index contributed by atoms with van der Waals surface area (Å²) in [6.45, 7) is 6.31. The Labute approximate surface area is 108 Å². The first-order valence-electron chi connectivity index (χ1n) is 6.83. The van der Waals surface area contributed by atoms with E-state index in [4.69, 9.17) is 0 Å². The standard InChI is InChI=1S/C14H22N2O2/c1-10(2)9-15-12-8-13(17)16(14(12)18)11-6-4-3-5-7-11/h11-12,15H,1,3-9H2,2H3. The van der Waals surface area contributed by atoms with Crippen molar-refractivity contribution in [1.29, 1.82) is 0 Å². The van der Waals surface area contributed by atoms with Gasteiger partial charge in [-0.15, -0.1) is 0 Å². The highest BCUT2D eigenvalue weighted by Gasteiger charge is 2.42. The molecule has 1 unspecified atom stereocenters. The molecule has 2 fully saturated rings. The Kier molecular flexibility index (Phi) is 4.17. The summed E-state index contributed by atoms with van der Waals surface area (Å²) in [6, 6.07) is -0.188. The van der Waals surface area contributed by atoms with Crippen LogP contribution < -0.4 is 5.32 Å². The van der Waals surface area contributed by atoms with Crippen LogP contribution in [-0.2, 0) is 9.59 Å². The normalized spacial score (nSPS) is 25.8. The molecular formula is C14H22N2O2. The lowest BCUT2D eigenvalue weighted by Gasteiger charge is -2.29. The number of hydrogen-bond acceptors (Lipinski definition) is 3. The van der Waals surface area contributed by atoms with Crippen molar-refractivity contribution in [3.63, 3.8) is 0 Å². The zero-order chi connectivity index (χ0) is 13.1. The number of carbonyl (C=O) groups is 2. The van der Waals surface area contributed by atoms with Crippen molar-refractivity contribution in [3.8, 4) is 0 Å². The highest BCUT2D eigenvalue weighted by Crippen LogP contribution is 2.27. The van der Waals surface area contributed by atoms with Gasteiger partial charge in [0.15, 0.2) is 0 Å². The van der Waals surface area contributed by atoms with Gasteiger partial charge in [0, 0.05) is 12.6 Å². The van der Waals surface area contributed by atoms with E-state index in [2.05, 4.69) is 11.9 Å². The Balaban J connectivity index is 1.97. The van der Waals surface area contributed by atoms with Gasteiger partial charge in [-0.3, -0.25) is 14.5 Å². The fourth-order valence-electron chi connectivity index (χ4n) is 2.83. The third kappa shape index (κ3) is 2.80.